The summed E-state index contributed by atoms with van der Waals surface area (Å²) in [6, 6.07) is 0. The summed E-state index contributed by atoms with van der Waals surface area (Å²) in [5, 5.41) is 3.63. The number of oxime groups is 1. The molecule has 0 aliphatic carbocycles. The molecular weight excluding hydrogens is 268 g/mol. The van der Waals surface area contributed by atoms with Crippen molar-refractivity contribution in [2.45, 2.75) is 26.4 Å². The Morgan fingerprint density at radius 3 is 2.70 bits per heavy atom. The van der Waals surface area contributed by atoms with Gasteiger partial charge in [-0.2, -0.15) is 0 Å². The molecule has 1 aliphatic heterocycles. The first kappa shape index (κ1) is 14.0. The van der Waals surface area contributed by atoms with E-state index in [1.54, 1.807) is 13.8 Å². The quantitative estimate of drug-likeness (QED) is 0.748. The Hall–Kier alpha value is -2.38. The van der Waals surface area contributed by atoms with E-state index in [0.717, 1.165) is 0 Å². The number of esters is 2. The molecule has 20 heavy (non-hydrogen) atoms. The van der Waals surface area contributed by atoms with Crippen LogP contribution in [-0.4, -0.2) is 35.8 Å². The number of oxazole rings is 1. The van der Waals surface area contributed by atoms with Crippen molar-refractivity contribution in [2.75, 3.05) is 13.2 Å². The third-order valence-corrected chi connectivity index (χ3v) is 2.46. The van der Waals surface area contributed by atoms with E-state index < -0.39 is 18.0 Å². The largest absolute Gasteiger partial charge is 0.461 e. The highest BCUT2D eigenvalue weighted by atomic mass is 16.7. The summed E-state index contributed by atoms with van der Waals surface area (Å²) in [6.07, 6.45) is 0.721. The third kappa shape index (κ3) is 2.95. The molecule has 108 valence electrons. The van der Waals surface area contributed by atoms with Crippen LogP contribution in [0.2, 0.25) is 0 Å². The zero-order chi connectivity index (χ0) is 14.5. The van der Waals surface area contributed by atoms with E-state index in [1.807, 2.05) is 0 Å². The molecule has 2 rings (SSSR count). The van der Waals surface area contributed by atoms with Gasteiger partial charge in [0.05, 0.1) is 13.2 Å². The molecule has 1 aromatic heterocycles. The van der Waals surface area contributed by atoms with E-state index in [-0.39, 0.29) is 36.9 Å². The summed E-state index contributed by atoms with van der Waals surface area (Å²) in [6.45, 7) is 3.90. The standard InChI is InChI=1S/C12H14N2O6/c1-3-17-11(15)7-5-9(20-14-7)10-13-8(6-19-10)12(16)18-4-2/h6,9H,3-5H2,1-2H3. The van der Waals surface area contributed by atoms with E-state index in [4.69, 9.17) is 18.7 Å². The number of aromatic nitrogens is 1. The molecule has 8 heteroatoms. The van der Waals surface area contributed by atoms with Gasteiger partial charge < -0.3 is 18.7 Å². The summed E-state index contributed by atoms with van der Waals surface area (Å²) in [7, 11) is 0. The van der Waals surface area contributed by atoms with E-state index >= 15 is 0 Å². The van der Waals surface area contributed by atoms with Crippen LogP contribution in [0.1, 0.15) is 42.8 Å². The van der Waals surface area contributed by atoms with Gasteiger partial charge >= 0.3 is 11.9 Å². The maximum atomic E-state index is 11.5. The highest BCUT2D eigenvalue weighted by Crippen LogP contribution is 2.27. The molecule has 2 heterocycles. The number of rotatable bonds is 5. The summed E-state index contributed by atoms with van der Waals surface area (Å²) in [5.74, 6) is -0.949. The Bertz CT molecular complexity index is 536. The van der Waals surface area contributed by atoms with Crippen molar-refractivity contribution < 1.29 is 28.3 Å². The maximum absolute atomic E-state index is 11.5. The van der Waals surface area contributed by atoms with Gasteiger partial charge in [0.2, 0.25) is 12.0 Å². The van der Waals surface area contributed by atoms with E-state index in [1.165, 1.54) is 6.26 Å². The lowest BCUT2D eigenvalue weighted by Gasteiger charge is -2.01. The predicted octanol–water partition coefficient (Wildman–Crippen LogP) is 1.23. The van der Waals surface area contributed by atoms with Gasteiger partial charge in [-0.25, -0.2) is 14.6 Å². The van der Waals surface area contributed by atoms with Crippen molar-refractivity contribution in [3.63, 3.8) is 0 Å². The molecule has 0 saturated carbocycles. The molecular formula is C12H14N2O6. The maximum Gasteiger partial charge on any atom is 0.360 e. The molecule has 0 saturated heterocycles. The minimum Gasteiger partial charge on any atom is -0.461 e. The van der Waals surface area contributed by atoms with Gasteiger partial charge in [0, 0.05) is 6.42 Å². The minimum absolute atomic E-state index is 0.0510. The highest BCUT2D eigenvalue weighted by Gasteiger charge is 2.32. The van der Waals surface area contributed by atoms with Crippen molar-refractivity contribution in [2.24, 2.45) is 5.16 Å². The van der Waals surface area contributed by atoms with E-state index in [9.17, 15) is 9.59 Å². The van der Waals surface area contributed by atoms with Crippen LogP contribution in [0, 0.1) is 0 Å². The average Bonchev–Trinajstić information content (AvgIpc) is 3.08. The Balaban J connectivity index is 1.98. The molecule has 1 aliphatic rings. The van der Waals surface area contributed by atoms with Crippen molar-refractivity contribution in [1.29, 1.82) is 0 Å². The number of carbonyl (C=O) groups excluding carboxylic acids is 2. The molecule has 8 nitrogen and oxygen atoms in total. The van der Waals surface area contributed by atoms with Crippen LogP contribution < -0.4 is 0 Å². The van der Waals surface area contributed by atoms with E-state index in [2.05, 4.69) is 10.1 Å². The number of ether oxygens (including phenoxy) is 2. The summed E-state index contributed by atoms with van der Waals surface area (Å²) >= 11 is 0. The number of nitrogens with zero attached hydrogens (tertiary/aromatic N) is 2. The van der Waals surface area contributed by atoms with Crippen LogP contribution in [0.3, 0.4) is 0 Å². The van der Waals surface area contributed by atoms with Crippen molar-refractivity contribution >= 4 is 17.7 Å². The second kappa shape index (κ2) is 6.18. The summed E-state index contributed by atoms with van der Waals surface area (Å²) < 4.78 is 14.7. The van der Waals surface area contributed by atoms with Gasteiger partial charge in [0.15, 0.2) is 11.4 Å². The number of carbonyl (C=O) groups is 2. The predicted molar refractivity (Wildman–Crippen MR) is 65.0 cm³/mol. The monoisotopic (exact) mass is 282 g/mol. The lowest BCUT2D eigenvalue weighted by atomic mass is 10.2. The van der Waals surface area contributed by atoms with Crippen LogP contribution in [0.4, 0.5) is 0 Å². The smallest absolute Gasteiger partial charge is 0.360 e. The van der Waals surface area contributed by atoms with Crippen LogP contribution in [-0.2, 0) is 19.1 Å². The Kier molecular flexibility index (Phi) is 4.34. The van der Waals surface area contributed by atoms with Crippen molar-refractivity contribution in [3.8, 4) is 0 Å². The lowest BCUT2D eigenvalue weighted by Crippen LogP contribution is -2.16. The molecule has 1 atom stereocenters. The topological polar surface area (TPSA) is 100 Å². The van der Waals surface area contributed by atoms with Crippen molar-refractivity contribution in [1.82, 2.24) is 4.98 Å². The van der Waals surface area contributed by atoms with Gasteiger partial charge in [-0.05, 0) is 13.8 Å². The Morgan fingerprint density at radius 1 is 1.30 bits per heavy atom. The summed E-state index contributed by atoms with van der Waals surface area (Å²) in [4.78, 5) is 31.9. The van der Waals surface area contributed by atoms with E-state index in [0.29, 0.717) is 0 Å². The first-order valence-corrected chi connectivity index (χ1v) is 6.18. The fourth-order valence-electron chi connectivity index (χ4n) is 1.58. The third-order valence-electron chi connectivity index (χ3n) is 2.46. The van der Waals surface area contributed by atoms with Gasteiger partial charge in [-0.1, -0.05) is 5.16 Å². The normalized spacial score (nSPS) is 17.3. The van der Waals surface area contributed by atoms with Gasteiger partial charge in [-0.15, -0.1) is 0 Å². The molecule has 0 N–H and O–H groups in total. The molecule has 0 bridgehead atoms. The molecule has 1 unspecified atom stereocenters. The fraction of sp³-hybridized carbons (Fsp3) is 0.500. The van der Waals surface area contributed by atoms with Crippen LogP contribution in [0.15, 0.2) is 15.8 Å². The lowest BCUT2D eigenvalue weighted by molar-refractivity contribution is -0.135. The average molecular weight is 282 g/mol. The van der Waals surface area contributed by atoms with Crippen LogP contribution in [0.25, 0.3) is 0 Å². The first-order valence-electron chi connectivity index (χ1n) is 6.18. The van der Waals surface area contributed by atoms with Gasteiger partial charge in [0.1, 0.15) is 6.26 Å². The fourth-order valence-corrected chi connectivity index (χ4v) is 1.58. The van der Waals surface area contributed by atoms with Gasteiger partial charge in [0.25, 0.3) is 0 Å². The first-order chi connectivity index (χ1) is 9.65. The Morgan fingerprint density at radius 2 is 2.00 bits per heavy atom. The second-order valence-corrected chi connectivity index (χ2v) is 3.85. The molecule has 0 amide bonds. The SMILES string of the molecule is CCOC(=O)C1=NOC(c2nc(C(=O)OCC)co2)C1. The molecule has 0 spiro atoms. The molecule has 0 fully saturated rings. The second-order valence-electron chi connectivity index (χ2n) is 3.85. The Labute approximate surface area is 114 Å². The molecule has 0 aromatic carbocycles. The van der Waals surface area contributed by atoms with Gasteiger partial charge in [-0.3, -0.25) is 0 Å². The summed E-state index contributed by atoms with van der Waals surface area (Å²) in [5.41, 5.74) is 0.211. The zero-order valence-corrected chi connectivity index (χ0v) is 11.1. The van der Waals surface area contributed by atoms with Crippen molar-refractivity contribution in [3.05, 3.63) is 17.8 Å². The number of hydrogen-bond donors (Lipinski definition) is 0. The zero-order valence-electron chi connectivity index (χ0n) is 11.1. The molecule has 0 radical (unpaired) electrons. The van der Waals surface area contributed by atoms with Crippen LogP contribution >= 0.6 is 0 Å². The number of hydrogen-bond acceptors (Lipinski definition) is 8. The highest BCUT2D eigenvalue weighted by molar-refractivity contribution is 6.36. The molecule has 1 aromatic rings. The van der Waals surface area contributed by atoms with Crippen LogP contribution in [0.5, 0.6) is 0 Å². The minimum atomic E-state index is -0.641.